The number of rotatable bonds is 8. The highest BCUT2D eigenvalue weighted by Gasteiger charge is 2.23. The van der Waals surface area contributed by atoms with Crippen molar-refractivity contribution in [1.82, 2.24) is 5.32 Å². The molecule has 0 saturated heterocycles. The van der Waals surface area contributed by atoms with Crippen LogP contribution in [0, 0.1) is 0 Å². The Hall–Kier alpha value is -2.27. The van der Waals surface area contributed by atoms with Crippen LogP contribution in [0.2, 0.25) is 0 Å². The van der Waals surface area contributed by atoms with Crippen LogP contribution in [0.15, 0.2) is 47.1 Å². The maximum atomic E-state index is 12.3. The second-order valence-electron chi connectivity index (χ2n) is 5.63. The summed E-state index contributed by atoms with van der Waals surface area (Å²) in [5, 5.41) is 2.85. The number of ether oxygens (including phenoxy) is 1. The number of carbonyl (C=O) groups excluding carboxylic acids is 1. The second-order valence-corrected chi connectivity index (χ2v) is 5.63. The zero-order valence-corrected chi connectivity index (χ0v) is 13.7. The number of para-hydroxylation sites is 1. The van der Waals surface area contributed by atoms with Gasteiger partial charge in [-0.2, -0.15) is 0 Å². The van der Waals surface area contributed by atoms with E-state index in [0.717, 1.165) is 18.6 Å². The van der Waals surface area contributed by atoms with Crippen LogP contribution in [-0.4, -0.2) is 18.0 Å². The number of nitrogens with one attached hydrogen (secondary N) is 1. The molecule has 0 unspecified atom stereocenters. The number of hydrogen-bond donors (Lipinski definition) is 2. The summed E-state index contributed by atoms with van der Waals surface area (Å²) < 4.78 is 11.0. The van der Waals surface area contributed by atoms with E-state index < -0.39 is 0 Å². The topological polar surface area (TPSA) is 77.5 Å². The van der Waals surface area contributed by atoms with Gasteiger partial charge in [-0.1, -0.05) is 32.0 Å². The Morgan fingerprint density at radius 1 is 1.22 bits per heavy atom. The Kier molecular flexibility index (Phi) is 5.82. The van der Waals surface area contributed by atoms with E-state index >= 15 is 0 Å². The van der Waals surface area contributed by atoms with Crippen molar-refractivity contribution in [2.45, 2.75) is 38.8 Å². The van der Waals surface area contributed by atoms with Gasteiger partial charge in [0.15, 0.2) is 5.76 Å². The first-order chi connectivity index (χ1) is 11.1. The first-order valence-corrected chi connectivity index (χ1v) is 7.89. The fourth-order valence-corrected chi connectivity index (χ4v) is 2.16. The summed E-state index contributed by atoms with van der Waals surface area (Å²) in [6.45, 7) is 4.72. The van der Waals surface area contributed by atoms with Crippen LogP contribution in [-0.2, 0) is 6.61 Å². The number of hydrogen-bond acceptors (Lipinski definition) is 4. The van der Waals surface area contributed by atoms with Gasteiger partial charge in [0.2, 0.25) is 0 Å². The zero-order chi connectivity index (χ0) is 16.7. The Morgan fingerprint density at radius 2 is 1.91 bits per heavy atom. The van der Waals surface area contributed by atoms with E-state index in [1.807, 2.05) is 44.2 Å². The molecule has 0 spiro atoms. The molecular formula is C18H24N2O3. The van der Waals surface area contributed by atoms with Gasteiger partial charge in [0.05, 0.1) is 6.26 Å². The van der Waals surface area contributed by atoms with Gasteiger partial charge in [-0.25, -0.2) is 0 Å². The fraction of sp³-hybridized carbons (Fsp3) is 0.389. The summed E-state index contributed by atoms with van der Waals surface area (Å²) in [5.41, 5.74) is 6.53. The summed E-state index contributed by atoms with van der Waals surface area (Å²) in [4.78, 5) is 12.3. The molecule has 0 radical (unpaired) electrons. The van der Waals surface area contributed by atoms with Gasteiger partial charge in [0, 0.05) is 17.6 Å². The van der Waals surface area contributed by atoms with Gasteiger partial charge < -0.3 is 20.2 Å². The third-order valence-electron chi connectivity index (χ3n) is 4.10. The molecule has 0 aliphatic heterocycles. The number of benzene rings is 1. The molecule has 1 heterocycles. The van der Waals surface area contributed by atoms with Gasteiger partial charge in [0.1, 0.15) is 12.4 Å². The molecule has 5 nitrogen and oxygen atoms in total. The van der Waals surface area contributed by atoms with Gasteiger partial charge in [-0.3, -0.25) is 4.79 Å². The predicted octanol–water partition coefficient (Wildman–Crippen LogP) is 3.11. The van der Waals surface area contributed by atoms with Gasteiger partial charge in [-0.05, 0) is 31.0 Å². The summed E-state index contributed by atoms with van der Waals surface area (Å²) in [6, 6.07) is 11.2. The number of furan rings is 1. The quantitative estimate of drug-likeness (QED) is 0.784. The highest BCUT2D eigenvalue weighted by Crippen LogP contribution is 2.16. The van der Waals surface area contributed by atoms with Gasteiger partial charge >= 0.3 is 0 Å². The van der Waals surface area contributed by atoms with Crippen LogP contribution in [0.5, 0.6) is 5.75 Å². The van der Waals surface area contributed by atoms with Gasteiger partial charge in [0.25, 0.3) is 5.91 Å². The van der Waals surface area contributed by atoms with E-state index in [2.05, 4.69) is 5.32 Å². The van der Waals surface area contributed by atoms with E-state index in [4.69, 9.17) is 14.9 Å². The fourth-order valence-electron chi connectivity index (χ4n) is 2.16. The molecule has 1 amide bonds. The van der Waals surface area contributed by atoms with Crippen LogP contribution in [0.4, 0.5) is 0 Å². The predicted molar refractivity (Wildman–Crippen MR) is 89.3 cm³/mol. The Labute approximate surface area is 136 Å². The van der Waals surface area contributed by atoms with Crippen molar-refractivity contribution in [1.29, 1.82) is 0 Å². The number of carbonyl (C=O) groups is 1. The van der Waals surface area contributed by atoms with Crippen molar-refractivity contribution in [2.75, 3.05) is 6.54 Å². The summed E-state index contributed by atoms with van der Waals surface area (Å²) in [5.74, 6) is 0.756. The standard InChI is InChI=1S/C18H24N2O3/c1-3-18(19,4-2)13-20-17(21)16-14(10-11-22-16)12-23-15-8-6-5-7-9-15/h5-11H,3-4,12-13,19H2,1-2H3,(H,20,21). The molecule has 0 aliphatic carbocycles. The lowest BCUT2D eigenvalue weighted by molar-refractivity contribution is 0.0911. The average Bonchev–Trinajstić information content (AvgIpc) is 3.07. The Morgan fingerprint density at radius 3 is 2.57 bits per heavy atom. The maximum Gasteiger partial charge on any atom is 0.287 e. The van der Waals surface area contributed by atoms with Crippen molar-refractivity contribution in [2.24, 2.45) is 5.73 Å². The summed E-state index contributed by atoms with van der Waals surface area (Å²) >= 11 is 0. The largest absolute Gasteiger partial charge is 0.489 e. The first kappa shape index (κ1) is 17.1. The van der Waals surface area contributed by atoms with Crippen LogP contribution in [0.3, 0.4) is 0 Å². The third-order valence-corrected chi connectivity index (χ3v) is 4.10. The zero-order valence-electron chi connectivity index (χ0n) is 13.7. The minimum atomic E-state index is -0.386. The lowest BCUT2D eigenvalue weighted by Crippen LogP contribution is -2.49. The summed E-state index contributed by atoms with van der Waals surface area (Å²) in [7, 11) is 0. The van der Waals surface area contributed by atoms with E-state index in [1.54, 1.807) is 6.07 Å². The molecule has 3 N–H and O–H groups in total. The second kappa shape index (κ2) is 7.83. The molecule has 5 heteroatoms. The Bertz CT molecular complexity index is 618. The highest BCUT2D eigenvalue weighted by molar-refractivity contribution is 5.92. The van der Waals surface area contributed by atoms with Crippen LogP contribution in [0.1, 0.15) is 42.8 Å². The SMILES string of the molecule is CCC(N)(CC)CNC(=O)c1occc1COc1ccccc1. The van der Waals surface area contributed by atoms with E-state index in [-0.39, 0.29) is 23.8 Å². The average molecular weight is 316 g/mol. The first-order valence-electron chi connectivity index (χ1n) is 7.89. The third kappa shape index (κ3) is 4.60. The van der Waals surface area contributed by atoms with Crippen LogP contribution in [0.25, 0.3) is 0 Å². The maximum absolute atomic E-state index is 12.3. The molecule has 0 aliphatic rings. The van der Waals surface area contributed by atoms with Crippen molar-refractivity contribution in [3.63, 3.8) is 0 Å². The van der Waals surface area contributed by atoms with Gasteiger partial charge in [-0.15, -0.1) is 0 Å². The number of amides is 1. The smallest absolute Gasteiger partial charge is 0.287 e. The molecule has 23 heavy (non-hydrogen) atoms. The minimum Gasteiger partial charge on any atom is -0.489 e. The van der Waals surface area contributed by atoms with Crippen LogP contribution >= 0.6 is 0 Å². The lowest BCUT2D eigenvalue weighted by atomic mass is 9.94. The van der Waals surface area contributed by atoms with Crippen molar-refractivity contribution >= 4 is 5.91 Å². The monoisotopic (exact) mass is 316 g/mol. The molecule has 0 fully saturated rings. The van der Waals surface area contributed by atoms with Crippen LogP contribution < -0.4 is 15.8 Å². The molecule has 0 bridgehead atoms. The lowest BCUT2D eigenvalue weighted by Gasteiger charge is -2.26. The molecule has 2 rings (SSSR count). The molecule has 0 saturated carbocycles. The number of nitrogens with two attached hydrogens (primary N) is 1. The molecule has 1 aromatic carbocycles. The highest BCUT2D eigenvalue weighted by atomic mass is 16.5. The molecule has 1 aromatic heterocycles. The minimum absolute atomic E-state index is 0.265. The normalized spacial score (nSPS) is 11.3. The molecule has 124 valence electrons. The van der Waals surface area contributed by atoms with E-state index in [1.165, 1.54) is 6.26 Å². The van der Waals surface area contributed by atoms with Crippen molar-refractivity contribution in [3.8, 4) is 5.75 Å². The molecular weight excluding hydrogens is 292 g/mol. The summed E-state index contributed by atoms with van der Waals surface area (Å²) in [6.07, 6.45) is 3.09. The Balaban J connectivity index is 1.96. The van der Waals surface area contributed by atoms with Crippen molar-refractivity contribution in [3.05, 3.63) is 54.0 Å². The van der Waals surface area contributed by atoms with E-state index in [0.29, 0.717) is 12.1 Å². The molecule has 0 atom stereocenters. The van der Waals surface area contributed by atoms with Crippen molar-refractivity contribution < 1.29 is 13.9 Å². The molecule has 2 aromatic rings. The van der Waals surface area contributed by atoms with E-state index in [9.17, 15) is 4.79 Å².